The Balaban J connectivity index is 0.00000261. The Morgan fingerprint density at radius 2 is 1.81 bits per heavy atom. The average Bonchev–Trinajstić information content (AvgIpc) is 2.69. The minimum absolute atomic E-state index is 0. The molecular weight excluding hydrogens is 364 g/mol. The summed E-state index contributed by atoms with van der Waals surface area (Å²) in [6, 6.07) is 16.0. The molecule has 1 fully saturated rings. The summed E-state index contributed by atoms with van der Waals surface area (Å²) in [5, 5.41) is 6.30. The zero-order valence-corrected chi connectivity index (χ0v) is 16.6. The highest BCUT2D eigenvalue weighted by Gasteiger charge is 2.39. The van der Waals surface area contributed by atoms with Crippen molar-refractivity contribution in [2.24, 2.45) is 0 Å². The Hall–Kier alpha value is -2.08. The molecule has 0 aromatic heterocycles. The van der Waals surface area contributed by atoms with Crippen molar-refractivity contribution >= 4 is 24.0 Å². The van der Waals surface area contributed by atoms with Crippen LogP contribution in [0.4, 0.5) is 5.69 Å². The molecule has 1 saturated heterocycles. The molecule has 0 bridgehead atoms. The molecule has 1 heterocycles. The van der Waals surface area contributed by atoms with Crippen molar-refractivity contribution in [2.45, 2.75) is 24.9 Å². The van der Waals surface area contributed by atoms with Crippen LogP contribution in [0.25, 0.3) is 0 Å². The van der Waals surface area contributed by atoms with E-state index in [0.29, 0.717) is 12.8 Å². The number of hydrogen-bond acceptors (Lipinski definition) is 4. The molecule has 0 unspecified atom stereocenters. The molecule has 146 valence electrons. The van der Waals surface area contributed by atoms with Gasteiger partial charge in [0.1, 0.15) is 11.4 Å². The van der Waals surface area contributed by atoms with Gasteiger partial charge in [-0.25, -0.2) is 0 Å². The van der Waals surface area contributed by atoms with E-state index in [2.05, 4.69) is 22.8 Å². The highest BCUT2D eigenvalue weighted by Crippen LogP contribution is 2.28. The summed E-state index contributed by atoms with van der Waals surface area (Å²) in [5.41, 5.74) is 2.23. The first-order chi connectivity index (χ1) is 12.7. The Bertz CT molecular complexity index is 746. The lowest BCUT2D eigenvalue weighted by atomic mass is 9.91. The molecule has 0 aliphatic carbocycles. The van der Waals surface area contributed by atoms with Crippen LogP contribution in [-0.2, 0) is 16.0 Å². The van der Waals surface area contributed by atoms with E-state index in [1.807, 2.05) is 36.4 Å². The quantitative estimate of drug-likeness (QED) is 0.793. The lowest BCUT2D eigenvalue weighted by Gasteiger charge is -2.34. The number of ether oxygens (including phenoxy) is 2. The number of methoxy groups -OCH3 is 2. The molecule has 1 aliphatic rings. The Labute approximate surface area is 166 Å². The van der Waals surface area contributed by atoms with Crippen LogP contribution >= 0.6 is 12.4 Å². The van der Waals surface area contributed by atoms with Gasteiger partial charge in [-0.05, 0) is 49.7 Å². The molecule has 2 aromatic carbocycles. The molecule has 3 rings (SSSR count). The van der Waals surface area contributed by atoms with Crippen molar-refractivity contribution in [3.63, 3.8) is 0 Å². The molecular formula is C21H27ClN2O3. The lowest BCUT2D eigenvalue weighted by molar-refractivity contribution is -0.140. The van der Waals surface area contributed by atoms with Gasteiger partial charge in [-0.15, -0.1) is 12.4 Å². The maximum atomic E-state index is 12.8. The predicted molar refractivity (Wildman–Crippen MR) is 110 cm³/mol. The number of benzene rings is 2. The molecule has 1 aliphatic heterocycles. The van der Waals surface area contributed by atoms with E-state index in [4.69, 9.17) is 9.47 Å². The van der Waals surface area contributed by atoms with E-state index in [1.165, 1.54) is 5.56 Å². The zero-order chi connectivity index (χ0) is 18.4. The number of carbonyl (C=O) groups excluding carboxylic acids is 1. The molecule has 2 aromatic rings. The minimum Gasteiger partial charge on any atom is -0.496 e. The monoisotopic (exact) mass is 390 g/mol. The van der Waals surface area contributed by atoms with E-state index in [9.17, 15) is 4.79 Å². The smallest absolute Gasteiger partial charge is 0.256 e. The van der Waals surface area contributed by atoms with Gasteiger partial charge in [0.2, 0.25) is 0 Å². The van der Waals surface area contributed by atoms with Gasteiger partial charge in [0.05, 0.1) is 7.11 Å². The van der Waals surface area contributed by atoms with Crippen LogP contribution in [-0.4, -0.2) is 38.8 Å². The SMILES string of the molecule is COc1ccc(NC(=O)C2(OC)CCNCC2)cc1Cc1ccccc1.Cl. The fourth-order valence-electron chi connectivity index (χ4n) is 3.41. The number of amides is 1. The highest BCUT2D eigenvalue weighted by molar-refractivity contribution is 5.97. The first kappa shape index (κ1) is 21.2. The van der Waals surface area contributed by atoms with Crippen LogP contribution in [0, 0.1) is 0 Å². The van der Waals surface area contributed by atoms with E-state index in [-0.39, 0.29) is 18.3 Å². The molecule has 1 amide bonds. The van der Waals surface area contributed by atoms with Crippen LogP contribution in [0.5, 0.6) is 5.75 Å². The van der Waals surface area contributed by atoms with E-state index < -0.39 is 5.60 Å². The van der Waals surface area contributed by atoms with Crippen LogP contribution in [0.1, 0.15) is 24.0 Å². The average molecular weight is 391 g/mol. The summed E-state index contributed by atoms with van der Waals surface area (Å²) >= 11 is 0. The molecule has 0 radical (unpaired) electrons. The zero-order valence-electron chi connectivity index (χ0n) is 15.8. The number of halogens is 1. The van der Waals surface area contributed by atoms with Crippen molar-refractivity contribution in [1.29, 1.82) is 0 Å². The molecule has 27 heavy (non-hydrogen) atoms. The normalized spacial score (nSPS) is 15.5. The van der Waals surface area contributed by atoms with E-state index in [1.54, 1.807) is 14.2 Å². The Morgan fingerprint density at radius 3 is 2.44 bits per heavy atom. The van der Waals surface area contributed by atoms with Gasteiger partial charge in [0.15, 0.2) is 0 Å². The fourth-order valence-corrected chi connectivity index (χ4v) is 3.41. The molecule has 2 N–H and O–H groups in total. The van der Waals surface area contributed by atoms with Crippen molar-refractivity contribution in [3.8, 4) is 5.75 Å². The topological polar surface area (TPSA) is 59.6 Å². The van der Waals surface area contributed by atoms with Gasteiger partial charge < -0.3 is 20.1 Å². The summed E-state index contributed by atoms with van der Waals surface area (Å²) in [4.78, 5) is 12.8. The number of hydrogen-bond donors (Lipinski definition) is 2. The van der Waals surface area contributed by atoms with Gasteiger partial charge in [-0.3, -0.25) is 4.79 Å². The van der Waals surface area contributed by atoms with Crippen molar-refractivity contribution in [2.75, 3.05) is 32.6 Å². The second kappa shape index (κ2) is 9.74. The fraction of sp³-hybridized carbons (Fsp3) is 0.381. The summed E-state index contributed by atoms with van der Waals surface area (Å²) in [6.07, 6.45) is 2.08. The maximum absolute atomic E-state index is 12.8. The Kier molecular flexibility index (Phi) is 7.66. The Morgan fingerprint density at radius 1 is 1.11 bits per heavy atom. The second-order valence-corrected chi connectivity index (χ2v) is 6.59. The summed E-state index contributed by atoms with van der Waals surface area (Å²) in [6.45, 7) is 1.56. The summed E-state index contributed by atoms with van der Waals surface area (Å²) in [5.74, 6) is 0.729. The highest BCUT2D eigenvalue weighted by atomic mass is 35.5. The third kappa shape index (κ3) is 5.01. The summed E-state index contributed by atoms with van der Waals surface area (Å²) in [7, 11) is 3.27. The van der Waals surface area contributed by atoms with Crippen LogP contribution in [0.2, 0.25) is 0 Å². The van der Waals surface area contributed by atoms with Crippen molar-refractivity contribution < 1.29 is 14.3 Å². The first-order valence-corrected chi connectivity index (χ1v) is 8.95. The number of piperidine rings is 1. The molecule has 0 spiro atoms. The first-order valence-electron chi connectivity index (χ1n) is 8.95. The van der Waals surface area contributed by atoms with Crippen molar-refractivity contribution in [3.05, 3.63) is 59.7 Å². The van der Waals surface area contributed by atoms with E-state index in [0.717, 1.165) is 36.5 Å². The van der Waals surface area contributed by atoms with Crippen molar-refractivity contribution in [1.82, 2.24) is 5.32 Å². The van der Waals surface area contributed by atoms with Crippen LogP contribution in [0.3, 0.4) is 0 Å². The van der Waals surface area contributed by atoms with Gasteiger partial charge in [0, 0.05) is 24.8 Å². The predicted octanol–water partition coefficient (Wildman–Crippen LogP) is 3.41. The van der Waals surface area contributed by atoms with Gasteiger partial charge in [-0.1, -0.05) is 30.3 Å². The number of nitrogens with one attached hydrogen (secondary N) is 2. The van der Waals surface area contributed by atoms with Gasteiger partial charge >= 0.3 is 0 Å². The number of anilines is 1. The summed E-state index contributed by atoms with van der Waals surface area (Å²) < 4.78 is 11.1. The third-order valence-corrected chi connectivity index (χ3v) is 4.99. The van der Waals surface area contributed by atoms with Crippen LogP contribution in [0.15, 0.2) is 48.5 Å². The number of rotatable bonds is 6. The van der Waals surface area contributed by atoms with Gasteiger partial charge in [-0.2, -0.15) is 0 Å². The second-order valence-electron chi connectivity index (χ2n) is 6.59. The standard InChI is InChI=1S/C21H26N2O3.ClH/c1-25-19-9-8-18(15-17(19)14-16-6-4-3-5-7-16)23-20(24)21(26-2)10-12-22-13-11-21;/h3-9,15,22H,10-14H2,1-2H3,(H,23,24);1H. The molecule has 0 atom stereocenters. The van der Waals surface area contributed by atoms with Gasteiger partial charge in [0.25, 0.3) is 5.91 Å². The molecule has 6 heteroatoms. The molecule has 5 nitrogen and oxygen atoms in total. The maximum Gasteiger partial charge on any atom is 0.256 e. The third-order valence-electron chi connectivity index (χ3n) is 4.99. The minimum atomic E-state index is -0.759. The molecule has 0 saturated carbocycles. The largest absolute Gasteiger partial charge is 0.496 e. The lowest BCUT2D eigenvalue weighted by Crippen LogP contribution is -2.51. The van der Waals surface area contributed by atoms with Crippen LogP contribution < -0.4 is 15.4 Å². The number of carbonyl (C=O) groups is 1. The van der Waals surface area contributed by atoms with E-state index >= 15 is 0 Å².